The van der Waals surface area contributed by atoms with Crippen molar-refractivity contribution in [3.05, 3.63) is 70.7 Å². The van der Waals surface area contributed by atoms with Crippen molar-refractivity contribution >= 4 is 27.2 Å². The Morgan fingerprint density at radius 2 is 2.00 bits per heavy atom. The molecule has 0 saturated carbocycles. The molecule has 0 aliphatic carbocycles. The molecule has 1 fully saturated rings. The summed E-state index contributed by atoms with van der Waals surface area (Å²) in [4.78, 5) is 15.0. The zero-order chi connectivity index (χ0) is 22.8. The van der Waals surface area contributed by atoms with Gasteiger partial charge in [-0.3, -0.25) is 0 Å². The van der Waals surface area contributed by atoms with Gasteiger partial charge in [0.1, 0.15) is 0 Å². The fraction of sp³-hybridized carbons (Fsp3) is 0.273. The second-order valence-corrected chi connectivity index (χ2v) is 8.78. The van der Waals surface area contributed by atoms with Gasteiger partial charge in [-0.15, -0.1) is 0 Å². The summed E-state index contributed by atoms with van der Waals surface area (Å²) in [5.41, 5.74) is 3.23. The number of benzene rings is 2. The van der Waals surface area contributed by atoms with Crippen molar-refractivity contribution in [2.75, 3.05) is 38.2 Å². The number of hydrogen-bond acceptors (Lipinski definition) is 7. The number of piperazine rings is 1. The van der Waals surface area contributed by atoms with Crippen LogP contribution in [0.2, 0.25) is 5.02 Å². The van der Waals surface area contributed by atoms with Crippen LogP contribution in [-0.2, 0) is 25.2 Å². The molecule has 33 heavy (non-hydrogen) atoms. The number of aromatic nitrogens is 3. The van der Waals surface area contributed by atoms with Gasteiger partial charge in [0.2, 0.25) is 0 Å². The summed E-state index contributed by atoms with van der Waals surface area (Å²) in [6.07, 6.45) is 0. The molecule has 0 atom stereocenters. The van der Waals surface area contributed by atoms with Gasteiger partial charge in [0, 0.05) is 0 Å². The molecular weight excluding hydrogens is 622 g/mol. The molecule has 1 saturated heterocycles. The summed E-state index contributed by atoms with van der Waals surface area (Å²) in [5.74, 6) is 0.697. The topological polar surface area (TPSA) is 89.6 Å². The van der Waals surface area contributed by atoms with Crippen LogP contribution in [0, 0.1) is 23.6 Å². The number of nitro benzene ring substituents is 1. The van der Waals surface area contributed by atoms with E-state index in [1.807, 2.05) is 43.4 Å². The Labute approximate surface area is 207 Å². The molecule has 0 unspecified atom stereocenters. The van der Waals surface area contributed by atoms with E-state index in [9.17, 15) is 10.1 Å². The first-order chi connectivity index (χ1) is 15.4. The van der Waals surface area contributed by atoms with Gasteiger partial charge < -0.3 is 7.43 Å². The molecule has 3 aromatic rings. The van der Waals surface area contributed by atoms with Crippen molar-refractivity contribution in [2.45, 2.75) is 0 Å². The largest absolute Gasteiger partial charge is 0.358 e. The number of non-ortho nitro benzene ring substituents is 1. The zero-order valence-corrected chi connectivity index (χ0v) is 21.7. The number of anilines is 1. The van der Waals surface area contributed by atoms with Crippen LogP contribution < -0.4 is 9.64 Å². The van der Waals surface area contributed by atoms with Gasteiger partial charge in [-0.2, -0.15) is 0 Å². The molecule has 0 amide bonds. The number of nitrogens with zero attached hydrogens (tertiary/aromatic N) is 6. The van der Waals surface area contributed by atoms with E-state index in [1.165, 1.54) is 12.1 Å². The van der Waals surface area contributed by atoms with Crippen LogP contribution in [0.5, 0.6) is 5.75 Å². The number of methoxy groups -OCH3 is 1. The first kappa shape index (κ1) is 25.0. The molecule has 1 aromatic heterocycles. The Balaban J connectivity index is 0.00000306. The first-order valence-electron chi connectivity index (χ1n) is 9.81. The summed E-state index contributed by atoms with van der Waals surface area (Å²) in [7, 11) is 3.51. The normalized spacial score (nSPS) is 14.0. The Kier molecular flexibility index (Phi) is 7.95. The van der Waals surface area contributed by atoms with E-state index in [-0.39, 0.29) is 13.1 Å². The molecule has 2 heterocycles. The monoisotopic (exact) mass is 646 g/mol. The van der Waals surface area contributed by atoms with Crippen molar-refractivity contribution in [1.82, 2.24) is 19.9 Å². The number of rotatable bonds is 6. The predicted molar refractivity (Wildman–Crippen MR) is 124 cm³/mol. The van der Waals surface area contributed by atoms with Gasteiger partial charge in [-0.25, -0.2) is 0 Å². The molecule has 4 rings (SSSR count). The van der Waals surface area contributed by atoms with Crippen molar-refractivity contribution in [3.8, 4) is 17.0 Å². The summed E-state index contributed by atoms with van der Waals surface area (Å²) in [6.45, 7) is 3.01. The van der Waals surface area contributed by atoms with Crippen LogP contribution in [0.1, 0.15) is 5.69 Å². The number of hydrogen-bond donors (Lipinski definition) is 0. The Hall–Kier alpha value is -2.66. The van der Waals surface area contributed by atoms with E-state index < -0.39 is 4.92 Å². The van der Waals surface area contributed by atoms with E-state index in [0.29, 0.717) is 10.8 Å². The number of ether oxygens (including phenoxy) is 1. The van der Waals surface area contributed by atoms with E-state index in [1.54, 1.807) is 17.9 Å². The first-order valence-corrected chi connectivity index (χ1v) is 11.5. The van der Waals surface area contributed by atoms with Crippen LogP contribution in [0.4, 0.5) is 11.4 Å². The summed E-state index contributed by atoms with van der Waals surface area (Å²) >= 11 is 8.14. The number of halogens is 1. The average molecular weight is 645 g/mol. The Bertz CT molecular complexity index is 1180. The number of nitro groups is 1. The van der Waals surface area contributed by atoms with E-state index in [2.05, 4.69) is 26.2 Å². The fourth-order valence-corrected chi connectivity index (χ4v) is 5.25. The third-order valence-corrected chi connectivity index (χ3v) is 7.03. The third-order valence-electron chi connectivity index (χ3n) is 5.32. The van der Waals surface area contributed by atoms with Gasteiger partial charge in [-0.05, 0) is 0 Å². The summed E-state index contributed by atoms with van der Waals surface area (Å²) in [5, 5.41) is 20.0. The van der Waals surface area contributed by atoms with Crippen LogP contribution in [0.3, 0.4) is 0 Å². The maximum Gasteiger partial charge on any atom is -0.358 e. The van der Waals surface area contributed by atoms with Crippen LogP contribution in [-0.4, -0.2) is 62.3 Å². The van der Waals surface area contributed by atoms with Crippen LogP contribution in [0.25, 0.3) is 11.3 Å². The molecule has 9 nitrogen and oxygen atoms in total. The zero-order valence-electron chi connectivity index (χ0n) is 18.4. The van der Waals surface area contributed by atoms with Crippen LogP contribution in [0.15, 0.2) is 36.4 Å². The third kappa shape index (κ3) is 4.98. The quantitative estimate of drug-likeness (QED) is 0.231. The molecule has 1 aliphatic rings. The second kappa shape index (κ2) is 10.5. The Morgan fingerprint density at radius 1 is 1.27 bits per heavy atom. The minimum atomic E-state index is -0.439. The van der Waals surface area contributed by atoms with Gasteiger partial charge in [0.25, 0.3) is 0 Å². The van der Waals surface area contributed by atoms with Gasteiger partial charge >= 0.3 is 200 Å². The maximum atomic E-state index is 11.0. The van der Waals surface area contributed by atoms with E-state index >= 15 is 0 Å². The molecule has 176 valence electrons. The molecular formula is C22H23ClN6O3Os-2. The molecule has 1 aliphatic heterocycles. The molecule has 0 radical (unpaired) electrons. The standard InChI is InChI=1S/C21H20ClN6O3.CH3.Os/c1-25-19(21(23-24-25)16-5-3-4-6-20(16)31-2)14-26-9-11-27(12-10-26)18-8-7-15(28(29)30)13-17(18)22;;/h3-4,6-8,13H,9-12H2,1-2H3;1H3;/q2*-1;. The van der Waals surface area contributed by atoms with Gasteiger partial charge in [0.05, 0.1) is 0 Å². The molecule has 0 spiro atoms. The van der Waals surface area contributed by atoms with Crippen molar-refractivity contribution in [3.63, 3.8) is 0 Å². The smallest absolute Gasteiger partial charge is 0.358 e. The maximum absolute atomic E-state index is 11.0. The average Bonchev–Trinajstić information content (AvgIpc) is 3.19. The number of aryl methyl sites for hydroxylation is 1. The second-order valence-electron chi connectivity index (χ2n) is 7.17. The predicted octanol–water partition coefficient (Wildman–Crippen LogP) is 3.15. The Morgan fingerprint density at radius 3 is 2.64 bits per heavy atom. The minimum absolute atomic E-state index is 0. The van der Waals surface area contributed by atoms with Gasteiger partial charge in [-0.1, -0.05) is 0 Å². The van der Waals surface area contributed by atoms with Crippen molar-refractivity contribution in [1.29, 1.82) is 0 Å². The molecule has 11 heteroatoms. The van der Waals surface area contributed by atoms with Crippen molar-refractivity contribution in [2.24, 2.45) is 7.05 Å². The summed E-state index contributed by atoms with van der Waals surface area (Å²) < 4.78 is 8.36. The van der Waals surface area contributed by atoms with Crippen LogP contribution >= 0.6 is 11.6 Å². The molecule has 2 aromatic carbocycles. The summed E-state index contributed by atoms with van der Waals surface area (Å²) in [6, 6.07) is 13.4. The minimum Gasteiger partial charge on any atom is -0.358 e. The van der Waals surface area contributed by atoms with Crippen molar-refractivity contribution < 1.29 is 27.8 Å². The molecule has 0 bridgehead atoms. The van der Waals surface area contributed by atoms with E-state index in [4.69, 9.17) is 16.3 Å². The molecule has 0 N–H and O–H groups in total. The SMILES string of the molecule is COc1ccc[c-]c1-c1nnn(C)c1[C](=[Os])N1CCN(c2ccc([N+](=O)[O-])cc2Cl)CC1.[CH3-]. The van der Waals surface area contributed by atoms with E-state index in [0.717, 1.165) is 53.0 Å². The van der Waals surface area contributed by atoms with Gasteiger partial charge in [0.15, 0.2) is 0 Å². The fourth-order valence-electron chi connectivity index (χ4n) is 3.68.